The highest BCUT2D eigenvalue weighted by Gasteiger charge is 2.47. The number of benzene rings is 2. The lowest BCUT2D eigenvalue weighted by molar-refractivity contribution is -0.0979. The van der Waals surface area contributed by atoms with Gasteiger partial charge in [0.25, 0.3) is 0 Å². The van der Waals surface area contributed by atoms with Gasteiger partial charge in [-0.2, -0.15) is 0 Å². The van der Waals surface area contributed by atoms with Gasteiger partial charge in [-0.15, -0.1) is 0 Å². The Morgan fingerprint density at radius 2 is 1.82 bits per heavy atom. The molecule has 3 aromatic rings. The Bertz CT molecular complexity index is 1090. The fraction of sp³-hybridized carbons (Fsp3) is 0.346. The lowest BCUT2D eigenvalue weighted by Crippen LogP contribution is -2.42. The zero-order valence-corrected chi connectivity index (χ0v) is 19.9. The van der Waals surface area contributed by atoms with Crippen molar-refractivity contribution in [1.29, 1.82) is 0 Å². The zero-order valence-electron chi connectivity index (χ0n) is 18.4. The van der Waals surface area contributed by atoms with Crippen LogP contribution < -0.4 is 11.1 Å². The van der Waals surface area contributed by atoms with Crippen molar-refractivity contribution in [1.82, 2.24) is 9.88 Å². The molecule has 5 rings (SSSR count). The van der Waals surface area contributed by atoms with Crippen LogP contribution in [0.1, 0.15) is 41.3 Å². The number of hydrogen-bond donors (Lipinski definition) is 2. The highest BCUT2D eigenvalue weighted by atomic mass is 35.5. The van der Waals surface area contributed by atoms with Crippen LogP contribution in [0.15, 0.2) is 60.8 Å². The number of fused-ring (bicyclic) bond motifs is 2. The molecule has 1 atom stereocenters. The van der Waals surface area contributed by atoms with Gasteiger partial charge in [-0.05, 0) is 59.9 Å². The quantitative estimate of drug-likeness (QED) is 0.494. The van der Waals surface area contributed by atoms with E-state index in [1.807, 2.05) is 18.3 Å². The predicted octanol–water partition coefficient (Wildman–Crippen LogP) is 5.37. The molecule has 5 nitrogen and oxygen atoms in total. The summed E-state index contributed by atoms with van der Waals surface area (Å²) in [5, 5.41) is 4.52. The van der Waals surface area contributed by atoms with E-state index in [9.17, 15) is 0 Å². The zero-order chi connectivity index (χ0) is 22.8. The van der Waals surface area contributed by atoms with E-state index in [1.165, 1.54) is 11.1 Å². The summed E-state index contributed by atoms with van der Waals surface area (Å²) < 4.78 is 6.83. The second-order valence-corrected chi connectivity index (χ2v) is 9.68. The second kappa shape index (κ2) is 9.61. The number of nitrogens with two attached hydrogens (primary N) is 1. The van der Waals surface area contributed by atoms with E-state index >= 15 is 0 Å². The lowest BCUT2D eigenvalue weighted by atomic mass is 9.83. The molecule has 33 heavy (non-hydrogen) atoms. The largest absolute Gasteiger partial charge is 0.383 e. The van der Waals surface area contributed by atoms with E-state index < -0.39 is 0 Å². The maximum absolute atomic E-state index is 6.83. The molecule has 0 aliphatic carbocycles. The Morgan fingerprint density at radius 1 is 1.06 bits per heavy atom. The summed E-state index contributed by atoms with van der Waals surface area (Å²) in [5.41, 5.74) is 10.9. The predicted molar refractivity (Wildman–Crippen MR) is 134 cm³/mol. The van der Waals surface area contributed by atoms with Gasteiger partial charge in [-0.3, -0.25) is 9.88 Å². The Balaban J connectivity index is 1.30. The number of anilines is 1. The van der Waals surface area contributed by atoms with Crippen molar-refractivity contribution in [3.05, 3.63) is 93.2 Å². The van der Waals surface area contributed by atoms with Crippen molar-refractivity contribution in [2.24, 2.45) is 5.73 Å². The van der Waals surface area contributed by atoms with E-state index in [2.05, 4.69) is 51.6 Å². The standard InChI is InChI=1S/C26H28Cl2N4O/c27-19-13-18(14-20(28)15-19)25-23-3-1-2-4-24(23)26(33-25)7-11-32(12-8-26)17-22-6-5-21(16-31-22)30-10-9-29/h1-6,13-16,25,30H,7-12,17,29H2/t25-/m0/s1. The first kappa shape index (κ1) is 22.6. The molecule has 2 aromatic carbocycles. The van der Waals surface area contributed by atoms with Crippen molar-refractivity contribution < 1.29 is 4.74 Å². The SMILES string of the molecule is NCCNc1ccc(CN2CCC3(CC2)O[C@@H](c2cc(Cl)cc(Cl)c2)c2ccccc23)nc1. The first-order chi connectivity index (χ1) is 16.1. The lowest BCUT2D eigenvalue weighted by Gasteiger charge is -2.39. The van der Waals surface area contributed by atoms with Crippen LogP contribution in [0.3, 0.4) is 0 Å². The van der Waals surface area contributed by atoms with Gasteiger partial charge >= 0.3 is 0 Å². The Kier molecular flexibility index (Phi) is 6.59. The third-order valence-corrected chi connectivity index (χ3v) is 7.05. The normalized spacial score (nSPS) is 19.5. The van der Waals surface area contributed by atoms with Gasteiger partial charge in [-0.25, -0.2) is 0 Å². The molecule has 0 unspecified atom stereocenters. The Morgan fingerprint density at radius 3 is 2.52 bits per heavy atom. The number of rotatable bonds is 6. The van der Waals surface area contributed by atoms with Gasteiger partial charge < -0.3 is 15.8 Å². The smallest absolute Gasteiger partial charge is 0.109 e. The summed E-state index contributed by atoms with van der Waals surface area (Å²) in [6.45, 7) is 4.09. The highest BCUT2D eigenvalue weighted by Crippen LogP contribution is 2.51. The number of piperidine rings is 1. The van der Waals surface area contributed by atoms with Gasteiger partial charge in [0.1, 0.15) is 6.10 Å². The van der Waals surface area contributed by atoms with Crippen molar-refractivity contribution >= 4 is 28.9 Å². The highest BCUT2D eigenvalue weighted by molar-refractivity contribution is 6.34. The summed E-state index contributed by atoms with van der Waals surface area (Å²) in [5.74, 6) is 0. The van der Waals surface area contributed by atoms with Crippen LogP contribution in [0.2, 0.25) is 10.0 Å². The van der Waals surface area contributed by atoms with Gasteiger partial charge in [0.15, 0.2) is 0 Å². The number of hydrogen-bond acceptors (Lipinski definition) is 5. The van der Waals surface area contributed by atoms with E-state index in [1.54, 1.807) is 6.07 Å². The van der Waals surface area contributed by atoms with E-state index in [4.69, 9.17) is 33.7 Å². The summed E-state index contributed by atoms with van der Waals surface area (Å²) in [7, 11) is 0. The van der Waals surface area contributed by atoms with Crippen molar-refractivity contribution in [2.45, 2.75) is 31.1 Å². The summed E-state index contributed by atoms with van der Waals surface area (Å²) in [6, 6.07) is 18.4. The molecule has 3 heterocycles. The molecular formula is C26H28Cl2N4O. The van der Waals surface area contributed by atoms with E-state index in [-0.39, 0.29) is 11.7 Å². The summed E-state index contributed by atoms with van der Waals surface area (Å²) in [6.07, 6.45) is 3.60. The Hall–Kier alpha value is -2.15. The van der Waals surface area contributed by atoms with Crippen molar-refractivity contribution in [2.75, 3.05) is 31.5 Å². The van der Waals surface area contributed by atoms with Crippen LogP contribution >= 0.6 is 23.2 Å². The molecule has 172 valence electrons. The van der Waals surface area contributed by atoms with Crippen molar-refractivity contribution in [3.8, 4) is 0 Å². The van der Waals surface area contributed by atoms with Gasteiger partial charge in [0.05, 0.1) is 23.2 Å². The fourth-order valence-corrected chi connectivity index (χ4v) is 5.54. The molecular weight excluding hydrogens is 455 g/mol. The van der Waals surface area contributed by atoms with E-state index in [0.717, 1.165) is 56.0 Å². The number of pyridine rings is 1. The average molecular weight is 483 g/mol. The topological polar surface area (TPSA) is 63.4 Å². The molecule has 1 fully saturated rings. The van der Waals surface area contributed by atoms with Gasteiger partial charge in [0.2, 0.25) is 0 Å². The maximum atomic E-state index is 6.83. The molecule has 2 aliphatic rings. The molecule has 3 N–H and O–H groups in total. The minimum atomic E-state index is -0.282. The number of likely N-dealkylation sites (tertiary alicyclic amines) is 1. The summed E-state index contributed by atoms with van der Waals surface area (Å²) in [4.78, 5) is 7.07. The third-order valence-electron chi connectivity index (χ3n) is 6.61. The minimum absolute atomic E-state index is 0.154. The molecule has 1 spiro atoms. The molecule has 0 radical (unpaired) electrons. The molecule has 2 aliphatic heterocycles. The van der Waals surface area contributed by atoms with Crippen molar-refractivity contribution in [3.63, 3.8) is 0 Å². The van der Waals surface area contributed by atoms with Gasteiger partial charge in [0, 0.05) is 42.8 Å². The van der Waals surface area contributed by atoms with Crippen LogP contribution in [0.4, 0.5) is 5.69 Å². The Labute approximate surface area is 204 Å². The number of halogens is 2. The molecule has 0 saturated carbocycles. The molecule has 1 aromatic heterocycles. The molecule has 0 bridgehead atoms. The number of nitrogens with one attached hydrogen (secondary N) is 1. The van der Waals surface area contributed by atoms with Crippen LogP contribution in [-0.2, 0) is 16.9 Å². The minimum Gasteiger partial charge on any atom is -0.383 e. The van der Waals surface area contributed by atoms with Crippen LogP contribution in [-0.4, -0.2) is 36.1 Å². The first-order valence-corrected chi connectivity index (χ1v) is 12.2. The molecule has 7 heteroatoms. The summed E-state index contributed by atoms with van der Waals surface area (Å²) >= 11 is 12.6. The average Bonchev–Trinajstić information content (AvgIpc) is 3.14. The van der Waals surface area contributed by atoms with Crippen LogP contribution in [0.25, 0.3) is 0 Å². The number of ether oxygens (including phenoxy) is 1. The maximum Gasteiger partial charge on any atom is 0.109 e. The first-order valence-electron chi connectivity index (χ1n) is 11.4. The number of nitrogens with zero attached hydrogens (tertiary/aromatic N) is 2. The molecule has 0 amide bonds. The monoisotopic (exact) mass is 482 g/mol. The van der Waals surface area contributed by atoms with Gasteiger partial charge in [-0.1, -0.05) is 47.5 Å². The third kappa shape index (κ3) is 4.75. The van der Waals surface area contributed by atoms with Crippen LogP contribution in [0.5, 0.6) is 0 Å². The second-order valence-electron chi connectivity index (χ2n) is 8.81. The van der Waals surface area contributed by atoms with Crippen LogP contribution in [0, 0.1) is 0 Å². The fourth-order valence-electron chi connectivity index (χ4n) is 4.99. The number of aromatic nitrogens is 1. The van der Waals surface area contributed by atoms with E-state index in [0.29, 0.717) is 16.6 Å². The molecule has 1 saturated heterocycles.